The van der Waals surface area contributed by atoms with Crippen molar-refractivity contribution in [3.05, 3.63) is 24.3 Å². The average Bonchev–Trinajstić information content (AvgIpc) is 2.46. The van der Waals surface area contributed by atoms with Crippen molar-refractivity contribution < 1.29 is 14.2 Å². The fourth-order valence-electron chi connectivity index (χ4n) is 2.53. The van der Waals surface area contributed by atoms with Gasteiger partial charge >= 0.3 is 0 Å². The van der Waals surface area contributed by atoms with Crippen LogP contribution in [0.15, 0.2) is 24.3 Å². The number of hydrogen-bond acceptors (Lipinski definition) is 4. The molecule has 1 aromatic carbocycles. The van der Waals surface area contributed by atoms with Gasteiger partial charge in [-0.15, -0.1) is 0 Å². The lowest BCUT2D eigenvalue weighted by molar-refractivity contribution is -0.104. The van der Waals surface area contributed by atoms with Gasteiger partial charge in [-0.3, -0.25) is 0 Å². The molecular weight excluding hydrogens is 254 g/mol. The van der Waals surface area contributed by atoms with Crippen molar-refractivity contribution in [2.24, 2.45) is 0 Å². The summed E-state index contributed by atoms with van der Waals surface area (Å²) in [6.45, 7) is 8.48. The molecule has 20 heavy (non-hydrogen) atoms. The van der Waals surface area contributed by atoms with E-state index in [0.717, 1.165) is 31.1 Å². The highest BCUT2D eigenvalue weighted by Gasteiger charge is 2.43. The lowest BCUT2D eigenvalue weighted by Crippen LogP contribution is -2.61. The van der Waals surface area contributed by atoms with Gasteiger partial charge in [-0.25, -0.2) is 0 Å². The van der Waals surface area contributed by atoms with E-state index in [-0.39, 0.29) is 12.2 Å². The van der Waals surface area contributed by atoms with E-state index in [1.165, 1.54) is 0 Å². The second kappa shape index (κ2) is 7.50. The van der Waals surface area contributed by atoms with Crippen LogP contribution in [0, 0.1) is 0 Å². The van der Waals surface area contributed by atoms with Crippen molar-refractivity contribution in [2.75, 3.05) is 19.8 Å². The Labute approximate surface area is 121 Å². The Morgan fingerprint density at radius 1 is 1.05 bits per heavy atom. The number of nitrogens with one attached hydrogen (secondary N) is 1. The van der Waals surface area contributed by atoms with Crippen molar-refractivity contribution in [2.45, 2.75) is 45.4 Å². The first kappa shape index (κ1) is 15.1. The highest BCUT2D eigenvalue weighted by molar-refractivity contribution is 5.31. The van der Waals surface area contributed by atoms with E-state index in [4.69, 9.17) is 14.2 Å². The van der Waals surface area contributed by atoms with Gasteiger partial charge in [-0.1, -0.05) is 6.92 Å². The largest absolute Gasteiger partial charge is 0.494 e. The van der Waals surface area contributed by atoms with Crippen molar-refractivity contribution in [1.29, 1.82) is 0 Å². The van der Waals surface area contributed by atoms with Crippen LogP contribution in [0.2, 0.25) is 0 Å². The predicted molar refractivity (Wildman–Crippen MR) is 79.5 cm³/mol. The first-order valence-corrected chi connectivity index (χ1v) is 7.53. The molecule has 0 radical (unpaired) electrons. The molecule has 2 rings (SSSR count). The third kappa shape index (κ3) is 3.64. The minimum absolute atomic E-state index is 0.136. The van der Waals surface area contributed by atoms with E-state index in [2.05, 4.69) is 12.2 Å². The van der Waals surface area contributed by atoms with E-state index in [9.17, 15) is 0 Å². The van der Waals surface area contributed by atoms with Gasteiger partial charge in [0.15, 0.2) is 0 Å². The highest BCUT2D eigenvalue weighted by Crippen LogP contribution is 2.30. The molecule has 0 amide bonds. The molecule has 0 spiro atoms. The summed E-state index contributed by atoms with van der Waals surface area (Å²) in [6, 6.07) is 8.19. The van der Waals surface area contributed by atoms with Crippen LogP contribution in [-0.2, 0) is 4.74 Å². The molecule has 1 N–H and O–H groups in total. The monoisotopic (exact) mass is 279 g/mol. The summed E-state index contributed by atoms with van der Waals surface area (Å²) in [7, 11) is 0. The van der Waals surface area contributed by atoms with Crippen LogP contribution < -0.4 is 14.8 Å². The zero-order chi connectivity index (χ0) is 14.4. The summed E-state index contributed by atoms with van der Waals surface area (Å²) in [4.78, 5) is 0. The second-order valence-electron chi connectivity index (χ2n) is 4.88. The third-order valence-corrected chi connectivity index (χ3v) is 3.50. The lowest BCUT2D eigenvalue weighted by atomic mass is 9.85. The molecule has 1 saturated carbocycles. The van der Waals surface area contributed by atoms with E-state index >= 15 is 0 Å². The van der Waals surface area contributed by atoms with Gasteiger partial charge < -0.3 is 19.5 Å². The zero-order valence-electron chi connectivity index (χ0n) is 12.6. The van der Waals surface area contributed by atoms with E-state index in [1.807, 2.05) is 38.1 Å². The maximum atomic E-state index is 6.00. The van der Waals surface area contributed by atoms with Crippen molar-refractivity contribution in [3.63, 3.8) is 0 Å². The standard InChI is InChI=1S/C16H25NO3/c1-4-17-14-11-15(16(14)19-6-3)20-13-9-7-12(8-10-13)18-5-2/h7-10,14-17H,4-6,11H2,1-3H3. The van der Waals surface area contributed by atoms with Crippen molar-refractivity contribution in [1.82, 2.24) is 5.32 Å². The SMILES string of the molecule is CCNC1CC(Oc2ccc(OCC)cc2)C1OCC. The Kier molecular flexibility index (Phi) is 5.68. The lowest BCUT2D eigenvalue weighted by Gasteiger charge is -2.44. The molecule has 0 saturated heterocycles. The summed E-state index contributed by atoms with van der Waals surface area (Å²) in [6.07, 6.45) is 1.27. The van der Waals surface area contributed by atoms with Gasteiger partial charge in [0.2, 0.25) is 0 Å². The fourth-order valence-corrected chi connectivity index (χ4v) is 2.53. The highest BCUT2D eigenvalue weighted by atomic mass is 16.5. The van der Waals surface area contributed by atoms with Crippen LogP contribution in [0.3, 0.4) is 0 Å². The van der Waals surface area contributed by atoms with Crippen LogP contribution >= 0.6 is 0 Å². The van der Waals surface area contributed by atoms with Crippen molar-refractivity contribution in [3.8, 4) is 11.5 Å². The van der Waals surface area contributed by atoms with Gasteiger partial charge in [0.1, 0.15) is 23.7 Å². The summed E-state index contributed by atoms with van der Waals surface area (Å²) < 4.78 is 17.2. The maximum absolute atomic E-state index is 6.00. The average molecular weight is 279 g/mol. The number of likely N-dealkylation sites (N-methyl/N-ethyl adjacent to an activating group) is 1. The Morgan fingerprint density at radius 3 is 2.35 bits per heavy atom. The Bertz CT molecular complexity index is 393. The molecule has 112 valence electrons. The van der Waals surface area contributed by atoms with Gasteiger partial charge in [0.25, 0.3) is 0 Å². The van der Waals surface area contributed by atoms with Crippen LogP contribution in [0.1, 0.15) is 27.2 Å². The summed E-state index contributed by atoms with van der Waals surface area (Å²) >= 11 is 0. The van der Waals surface area contributed by atoms with Crippen LogP contribution in [0.25, 0.3) is 0 Å². The summed E-state index contributed by atoms with van der Waals surface area (Å²) in [5.74, 6) is 1.75. The third-order valence-electron chi connectivity index (χ3n) is 3.50. The van der Waals surface area contributed by atoms with Crippen LogP contribution in [-0.4, -0.2) is 38.0 Å². The maximum Gasteiger partial charge on any atom is 0.128 e. The molecule has 0 bridgehead atoms. The smallest absolute Gasteiger partial charge is 0.128 e. The number of rotatable bonds is 8. The molecule has 3 atom stereocenters. The summed E-state index contributed by atoms with van der Waals surface area (Å²) in [5.41, 5.74) is 0. The van der Waals surface area contributed by atoms with Crippen LogP contribution in [0.5, 0.6) is 11.5 Å². The molecular formula is C16H25NO3. The van der Waals surface area contributed by atoms with Gasteiger partial charge in [-0.05, 0) is 44.7 Å². The van der Waals surface area contributed by atoms with E-state index in [1.54, 1.807) is 0 Å². The molecule has 4 nitrogen and oxygen atoms in total. The minimum Gasteiger partial charge on any atom is -0.494 e. The molecule has 3 unspecified atom stereocenters. The van der Waals surface area contributed by atoms with Crippen molar-refractivity contribution >= 4 is 0 Å². The molecule has 0 aliphatic heterocycles. The van der Waals surface area contributed by atoms with E-state index in [0.29, 0.717) is 12.6 Å². The number of benzene rings is 1. The fraction of sp³-hybridized carbons (Fsp3) is 0.625. The predicted octanol–water partition coefficient (Wildman–Crippen LogP) is 2.62. The number of ether oxygens (including phenoxy) is 3. The van der Waals surface area contributed by atoms with Crippen LogP contribution in [0.4, 0.5) is 0 Å². The molecule has 1 aliphatic carbocycles. The Balaban J connectivity index is 1.89. The van der Waals surface area contributed by atoms with E-state index < -0.39 is 0 Å². The first-order valence-electron chi connectivity index (χ1n) is 7.53. The quantitative estimate of drug-likeness (QED) is 0.794. The van der Waals surface area contributed by atoms with Gasteiger partial charge in [-0.2, -0.15) is 0 Å². The topological polar surface area (TPSA) is 39.7 Å². The normalized spacial score (nSPS) is 25.1. The second-order valence-corrected chi connectivity index (χ2v) is 4.88. The molecule has 0 heterocycles. The summed E-state index contributed by atoms with van der Waals surface area (Å²) in [5, 5.41) is 3.43. The molecule has 1 aromatic rings. The number of hydrogen-bond donors (Lipinski definition) is 1. The zero-order valence-corrected chi connectivity index (χ0v) is 12.6. The molecule has 4 heteroatoms. The van der Waals surface area contributed by atoms with Gasteiger partial charge in [0.05, 0.1) is 6.61 Å². The molecule has 1 aliphatic rings. The minimum atomic E-state index is 0.136. The Morgan fingerprint density at radius 2 is 1.75 bits per heavy atom. The molecule has 1 fully saturated rings. The van der Waals surface area contributed by atoms with Gasteiger partial charge in [0, 0.05) is 19.1 Å². The first-order chi connectivity index (χ1) is 9.78. The Hall–Kier alpha value is -1.26. The molecule has 0 aromatic heterocycles.